The van der Waals surface area contributed by atoms with Crippen molar-refractivity contribution in [3.05, 3.63) is 0 Å². The second-order valence-corrected chi connectivity index (χ2v) is 25.9. The van der Waals surface area contributed by atoms with Crippen molar-refractivity contribution in [1.82, 2.24) is 0 Å². The number of hydrogen-bond donors (Lipinski definition) is 0. The van der Waals surface area contributed by atoms with Crippen LogP contribution in [-0.2, 0) is 26.2 Å². The molecule has 0 aliphatic rings. The molecule has 0 unspecified atom stereocenters. The van der Waals surface area contributed by atoms with Gasteiger partial charge < -0.3 is 24.8 Å². The first-order valence-electron chi connectivity index (χ1n) is 2.09. The summed E-state index contributed by atoms with van der Waals surface area (Å²) in [6, 6.07) is 0. The van der Waals surface area contributed by atoms with Crippen LogP contribution in [0.25, 0.3) is 0 Å². The number of rotatable bonds is 0. The summed E-state index contributed by atoms with van der Waals surface area (Å²) in [5, 5.41) is 0. The summed E-state index contributed by atoms with van der Waals surface area (Å²) in [5.74, 6) is 0. The molecule has 0 aliphatic heterocycles. The minimum atomic E-state index is 0. The molecule has 0 spiro atoms. The topological polar surface area (TPSA) is 0 Å². The molecule has 70 valence electrons. The van der Waals surface area contributed by atoms with Gasteiger partial charge >= 0.3 is 26.2 Å². The van der Waals surface area contributed by atoms with Crippen molar-refractivity contribution in [2.45, 2.75) is 0 Å². The molecule has 0 radical (unpaired) electrons. The quantitative estimate of drug-likeness (QED) is 0.550. The molecule has 0 bridgehead atoms. The van der Waals surface area contributed by atoms with E-state index in [1.165, 1.54) is 15.1 Å². The summed E-state index contributed by atoms with van der Waals surface area (Å²) >= 11 is 0. The molecule has 0 N–H and O–H groups in total. The summed E-state index contributed by atoms with van der Waals surface area (Å²) in [7, 11) is 15.7. The van der Waals surface area contributed by atoms with E-state index in [0.29, 0.717) is 0 Å². The third-order valence-corrected chi connectivity index (χ3v) is 35.5. The Labute approximate surface area is 125 Å². The molecule has 2 aromatic heterocycles. The monoisotopic (exact) mass is 472 g/mol. The molecule has 13 heteroatoms. The van der Waals surface area contributed by atoms with E-state index < -0.39 is 0 Å². The van der Waals surface area contributed by atoms with Crippen LogP contribution in [0.15, 0.2) is 0 Å². The molecule has 2 heterocycles. The first-order chi connectivity index (χ1) is 5.00. The fourth-order valence-corrected chi connectivity index (χ4v) is 48.6. The number of halogens is 2. The zero-order valence-corrected chi connectivity index (χ0v) is 19.0. The van der Waals surface area contributed by atoms with Crippen LogP contribution in [0.2, 0.25) is 0 Å². The SMILES string of the molecule is [Cl-].[Cl-].[Zr+2].p1pp[pH]p1.p1pp[pH]p1. The molecular formula is H2Cl2P10Zr. The van der Waals surface area contributed by atoms with Crippen molar-refractivity contribution in [2.24, 2.45) is 0 Å². The predicted octanol–water partition coefficient (Wildman–Crippen LogP) is 2.08. The Hall–Kier alpha value is 4.46. The third kappa shape index (κ3) is 16.5. The maximum absolute atomic E-state index is 1.67. The van der Waals surface area contributed by atoms with Gasteiger partial charge in [-0.25, -0.2) is 0 Å². The van der Waals surface area contributed by atoms with Crippen molar-refractivity contribution >= 4 is 75.5 Å². The standard InChI is InChI=1S/2ClH.2HP5.Zr/c;;2*1-2-4-5-3-1;/h2*1H;2*1H;/q;;;;+2/p-2. The fraction of sp³-hybridized carbons (Fsp3) is 0. The van der Waals surface area contributed by atoms with E-state index in [-0.39, 0.29) is 51.0 Å². The van der Waals surface area contributed by atoms with Crippen LogP contribution in [0.3, 0.4) is 0 Å². The van der Waals surface area contributed by atoms with Crippen LogP contribution >= 0.6 is 75.5 Å². The average molecular weight is 474 g/mol. The van der Waals surface area contributed by atoms with E-state index in [4.69, 9.17) is 0 Å². The van der Waals surface area contributed by atoms with Crippen molar-refractivity contribution in [3.63, 3.8) is 0 Å². The van der Waals surface area contributed by atoms with E-state index in [0.717, 1.165) is 0 Å². The number of hydrogen-bond acceptors (Lipinski definition) is 0. The molecule has 0 nitrogen and oxygen atoms in total. The molecule has 0 atom stereocenters. The van der Waals surface area contributed by atoms with E-state index in [1.807, 2.05) is 0 Å². The van der Waals surface area contributed by atoms with Gasteiger partial charge in [-0.05, 0) is 60.4 Å². The van der Waals surface area contributed by atoms with Crippen LogP contribution in [0, 0.1) is 0 Å². The maximum atomic E-state index is 1.67. The molecule has 0 fully saturated rings. The van der Waals surface area contributed by atoms with Gasteiger partial charge in [0.1, 0.15) is 0 Å². The first-order valence-corrected chi connectivity index (χ1v) is 18.8. The van der Waals surface area contributed by atoms with Gasteiger partial charge in [-0.15, -0.1) is 0 Å². The van der Waals surface area contributed by atoms with Gasteiger partial charge in [-0.3, -0.25) is 0 Å². The summed E-state index contributed by atoms with van der Waals surface area (Å²) in [4.78, 5) is 0. The molecule has 0 aliphatic carbocycles. The average Bonchev–Trinajstić information content (AvgIpc) is 2.67. The van der Waals surface area contributed by atoms with Crippen molar-refractivity contribution < 1.29 is 51.0 Å². The maximum Gasteiger partial charge on any atom is 2.00 e. The van der Waals surface area contributed by atoms with E-state index in [9.17, 15) is 0 Å². The zero-order valence-electron chi connectivity index (χ0n) is 5.83. The van der Waals surface area contributed by atoms with Crippen molar-refractivity contribution in [2.75, 3.05) is 0 Å². The van der Waals surface area contributed by atoms with Crippen molar-refractivity contribution in [1.29, 1.82) is 0 Å². The van der Waals surface area contributed by atoms with Gasteiger partial charge in [0.05, 0.1) is 0 Å². The molecule has 2 rings (SSSR count). The Bertz CT molecular complexity index is 152. The van der Waals surface area contributed by atoms with Crippen LogP contribution in [-0.4, -0.2) is 0 Å². The second-order valence-electron chi connectivity index (χ2n) is 0.958. The first kappa shape index (κ1) is 22.6. The van der Waals surface area contributed by atoms with Crippen LogP contribution < -0.4 is 24.8 Å². The van der Waals surface area contributed by atoms with E-state index in [1.54, 1.807) is 60.4 Å². The Morgan fingerprint density at radius 3 is 0.846 bits per heavy atom. The van der Waals surface area contributed by atoms with Gasteiger partial charge in [0.2, 0.25) is 0 Å². The summed E-state index contributed by atoms with van der Waals surface area (Å²) < 4.78 is 0. The van der Waals surface area contributed by atoms with Crippen molar-refractivity contribution in [3.8, 4) is 0 Å². The normalized spacial score (nSPS) is 12.3. The minimum absolute atomic E-state index is 0. The molecule has 0 saturated carbocycles. The molecule has 0 saturated heterocycles. The smallest absolute Gasteiger partial charge is 1.00 e. The van der Waals surface area contributed by atoms with Crippen LogP contribution in [0.5, 0.6) is 0 Å². The van der Waals surface area contributed by atoms with Gasteiger partial charge in [0.15, 0.2) is 0 Å². The Balaban J connectivity index is -0.000000125. The van der Waals surface area contributed by atoms with Gasteiger partial charge in [-0.1, -0.05) is 15.1 Å². The predicted molar refractivity (Wildman–Crippen MR) is 72.0 cm³/mol. The fourth-order valence-electron chi connectivity index (χ4n) is 0.200. The Morgan fingerprint density at radius 1 is 0.538 bits per heavy atom. The molecule has 0 amide bonds. The van der Waals surface area contributed by atoms with Gasteiger partial charge in [0.25, 0.3) is 0 Å². The van der Waals surface area contributed by atoms with Crippen LogP contribution in [0.4, 0.5) is 0 Å². The largest absolute Gasteiger partial charge is 2.00 e. The Morgan fingerprint density at radius 2 is 0.769 bits per heavy atom. The molecular weight excluding hydrogens is 472 g/mol. The third-order valence-electron chi connectivity index (χ3n) is 0.438. The minimum Gasteiger partial charge on any atom is -1.00 e. The zero-order chi connectivity index (χ0) is 7.07. The Kier molecular flexibility index (Phi) is 32.8. The van der Waals surface area contributed by atoms with E-state index in [2.05, 4.69) is 0 Å². The molecule has 2 aromatic rings. The summed E-state index contributed by atoms with van der Waals surface area (Å²) in [6.45, 7) is 0. The van der Waals surface area contributed by atoms with Gasteiger partial charge in [0, 0.05) is 0 Å². The molecule has 13 heavy (non-hydrogen) atoms. The molecule has 0 aromatic carbocycles. The van der Waals surface area contributed by atoms with E-state index >= 15 is 0 Å². The van der Waals surface area contributed by atoms with Crippen LogP contribution in [0.1, 0.15) is 0 Å². The van der Waals surface area contributed by atoms with Gasteiger partial charge in [-0.2, -0.15) is 0 Å². The second kappa shape index (κ2) is 18.8. The summed E-state index contributed by atoms with van der Waals surface area (Å²) in [5.41, 5.74) is 0. The summed E-state index contributed by atoms with van der Waals surface area (Å²) in [6.07, 6.45) is 0.